The van der Waals surface area contributed by atoms with Gasteiger partial charge in [-0.15, -0.1) is 0 Å². The summed E-state index contributed by atoms with van der Waals surface area (Å²) >= 11 is 0. The lowest BCUT2D eigenvalue weighted by Gasteiger charge is -2.50. The molecule has 1 aliphatic heterocycles. The van der Waals surface area contributed by atoms with Gasteiger partial charge in [-0.25, -0.2) is 4.39 Å². The fourth-order valence-corrected chi connectivity index (χ4v) is 4.01. The van der Waals surface area contributed by atoms with Crippen LogP contribution in [0.15, 0.2) is 18.2 Å². The van der Waals surface area contributed by atoms with Gasteiger partial charge in [0.1, 0.15) is 17.2 Å². The standard InChI is InChI=1S/C17H24FNO/c1-11-5-4-8-17(12(11)2)10-15(19-3)14-9-13(18)6-7-16(14)20-17/h6-7,9,11-12,15,19H,4-5,8,10H2,1-3H3. The molecule has 2 nitrogen and oxygen atoms in total. The molecular formula is C17H24FNO. The molecule has 3 rings (SSSR count). The van der Waals surface area contributed by atoms with Crippen molar-refractivity contribution in [1.29, 1.82) is 0 Å². The Hall–Kier alpha value is -1.09. The van der Waals surface area contributed by atoms with E-state index < -0.39 is 0 Å². The van der Waals surface area contributed by atoms with Crippen molar-refractivity contribution in [2.75, 3.05) is 7.05 Å². The maximum atomic E-state index is 13.5. The molecule has 1 aliphatic carbocycles. The van der Waals surface area contributed by atoms with E-state index in [1.165, 1.54) is 18.9 Å². The molecule has 1 spiro atoms. The quantitative estimate of drug-likeness (QED) is 0.835. The fraction of sp³-hybridized carbons (Fsp3) is 0.647. The third-order valence-electron chi connectivity index (χ3n) is 5.50. The maximum absolute atomic E-state index is 13.5. The van der Waals surface area contributed by atoms with Gasteiger partial charge in [0, 0.05) is 18.0 Å². The van der Waals surface area contributed by atoms with Crippen molar-refractivity contribution in [3.63, 3.8) is 0 Å². The molecule has 20 heavy (non-hydrogen) atoms. The van der Waals surface area contributed by atoms with E-state index in [4.69, 9.17) is 4.74 Å². The van der Waals surface area contributed by atoms with Crippen LogP contribution in [-0.2, 0) is 0 Å². The minimum absolute atomic E-state index is 0.0871. The van der Waals surface area contributed by atoms with E-state index in [2.05, 4.69) is 19.2 Å². The van der Waals surface area contributed by atoms with Gasteiger partial charge in [-0.1, -0.05) is 20.3 Å². The molecule has 0 bridgehead atoms. The van der Waals surface area contributed by atoms with Crippen LogP contribution in [0, 0.1) is 17.7 Å². The molecule has 2 aliphatic rings. The second-order valence-corrected chi connectivity index (χ2v) is 6.55. The smallest absolute Gasteiger partial charge is 0.125 e. The Morgan fingerprint density at radius 3 is 2.90 bits per heavy atom. The summed E-state index contributed by atoms with van der Waals surface area (Å²) in [5.41, 5.74) is 0.874. The van der Waals surface area contributed by atoms with Crippen LogP contribution in [0.1, 0.15) is 51.1 Å². The van der Waals surface area contributed by atoms with Crippen molar-refractivity contribution in [3.05, 3.63) is 29.6 Å². The molecule has 110 valence electrons. The third kappa shape index (κ3) is 2.12. The molecule has 0 aromatic heterocycles. The van der Waals surface area contributed by atoms with Crippen LogP contribution in [0.3, 0.4) is 0 Å². The van der Waals surface area contributed by atoms with Crippen LogP contribution in [-0.4, -0.2) is 12.6 Å². The van der Waals surface area contributed by atoms with Crippen molar-refractivity contribution in [2.24, 2.45) is 11.8 Å². The summed E-state index contributed by atoms with van der Waals surface area (Å²) in [6, 6.07) is 5.09. The second kappa shape index (κ2) is 5.03. The van der Waals surface area contributed by atoms with Crippen molar-refractivity contribution in [2.45, 2.75) is 51.2 Å². The number of rotatable bonds is 1. The van der Waals surface area contributed by atoms with Crippen LogP contribution < -0.4 is 10.1 Å². The SMILES string of the molecule is CNC1CC2(CCCC(C)C2C)Oc2ccc(F)cc21. The van der Waals surface area contributed by atoms with Gasteiger partial charge in [0.2, 0.25) is 0 Å². The van der Waals surface area contributed by atoms with E-state index in [-0.39, 0.29) is 17.5 Å². The molecule has 0 amide bonds. The van der Waals surface area contributed by atoms with E-state index in [1.54, 1.807) is 12.1 Å². The summed E-state index contributed by atoms with van der Waals surface area (Å²) in [4.78, 5) is 0. The number of nitrogens with one attached hydrogen (secondary N) is 1. The van der Waals surface area contributed by atoms with Crippen molar-refractivity contribution >= 4 is 0 Å². The first-order valence-corrected chi connectivity index (χ1v) is 7.71. The average Bonchev–Trinajstić information content (AvgIpc) is 2.44. The molecule has 0 radical (unpaired) electrons. The van der Waals surface area contributed by atoms with Gasteiger partial charge < -0.3 is 10.1 Å². The summed E-state index contributed by atoms with van der Waals surface area (Å²) in [6.45, 7) is 4.63. The van der Waals surface area contributed by atoms with Crippen LogP contribution in [0.25, 0.3) is 0 Å². The Kier molecular flexibility index (Phi) is 3.49. The summed E-state index contributed by atoms with van der Waals surface area (Å²) < 4.78 is 19.9. The predicted octanol–water partition coefficient (Wildman–Crippen LogP) is 4.06. The number of hydrogen-bond donors (Lipinski definition) is 1. The molecule has 4 unspecified atom stereocenters. The Balaban J connectivity index is 2.00. The van der Waals surface area contributed by atoms with Crippen LogP contribution in [0.2, 0.25) is 0 Å². The third-order valence-corrected chi connectivity index (χ3v) is 5.50. The predicted molar refractivity (Wildman–Crippen MR) is 78.4 cm³/mol. The minimum atomic E-state index is -0.186. The lowest BCUT2D eigenvalue weighted by molar-refractivity contribution is -0.0641. The van der Waals surface area contributed by atoms with Crippen molar-refractivity contribution in [3.8, 4) is 5.75 Å². The maximum Gasteiger partial charge on any atom is 0.125 e. The van der Waals surface area contributed by atoms with Gasteiger partial charge in [-0.3, -0.25) is 0 Å². The highest BCUT2D eigenvalue weighted by atomic mass is 19.1. The van der Waals surface area contributed by atoms with Gasteiger partial charge in [-0.05, 0) is 49.9 Å². The zero-order valence-electron chi connectivity index (χ0n) is 12.6. The highest BCUT2D eigenvalue weighted by molar-refractivity contribution is 5.39. The largest absolute Gasteiger partial charge is 0.487 e. The summed E-state index contributed by atoms with van der Waals surface area (Å²) in [5.74, 6) is 1.89. The first-order chi connectivity index (χ1) is 9.55. The van der Waals surface area contributed by atoms with Gasteiger partial charge in [0.25, 0.3) is 0 Å². The highest BCUT2D eigenvalue weighted by Crippen LogP contribution is 2.50. The molecular weight excluding hydrogens is 253 g/mol. The molecule has 1 aromatic carbocycles. The Morgan fingerprint density at radius 2 is 2.15 bits per heavy atom. The average molecular weight is 277 g/mol. The number of fused-ring (bicyclic) bond motifs is 1. The van der Waals surface area contributed by atoms with E-state index in [0.29, 0.717) is 11.8 Å². The lowest BCUT2D eigenvalue weighted by Crippen LogP contribution is -2.52. The first kappa shape index (κ1) is 13.9. The number of hydrogen-bond acceptors (Lipinski definition) is 2. The molecule has 0 saturated heterocycles. The molecule has 1 aromatic rings. The minimum Gasteiger partial charge on any atom is -0.487 e. The second-order valence-electron chi connectivity index (χ2n) is 6.55. The molecule has 4 atom stereocenters. The Morgan fingerprint density at radius 1 is 1.35 bits per heavy atom. The Bertz CT molecular complexity index is 504. The number of halogens is 1. The van der Waals surface area contributed by atoms with E-state index in [9.17, 15) is 4.39 Å². The molecule has 1 saturated carbocycles. The molecule has 1 N–H and O–H groups in total. The van der Waals surface area contributed by atoms with Crippen LogP contribution in [0.5, 0.6) is 5.75 Å². The molecule has 1 heterocycles. The monoisotopic (exact) mass is 277 g/mol. The van der Waals surface area contributed by atoms with Crippen molar-refractivity contribution < 1.29 is 9.13 Å². The van der Waals surface area contributed by atoms with Crippen LogP contribution in [0.4, 0.5) is 4.39 Å². The zero-order chi connectivity index (χ0) is 14.3. The first-order valence-electron chi connectivity index (χ1n) is 7.71. The van der Waals surface area contributed by atoms with Gasteiger partial charge >= 0.3 is 0 Å². The van der Waals surface area contributed by atoms with Gasteiger partial charge in [0.05, 0.1) is 0 Å². The summed E-state index contributed by atoms with van der Waals surface area (Å²) in [5, 5.41) is 3.35. The molecule has 3 heteroatoms. The zero-order valence-corrected chi connectivity index (χ0v) is 12.6. The molecule has 1 fully saturated rings. The summed E-state index contributed by atoms with van der Waals surface area (Å²) in [6.07, 6.45) is 4.55. The number of ether oxygens (including phenoxy) is 1. The number of benzene rings is 1. The summed E-state index contributed by atoms with van der Waals surface area (Å²) in [7, 11) is 1.95. The van der Waals surface area contributed by atoms with Crippen molar-refractivity contribution in [1.82, 2.24) is 5.32 Å². The normalized spacial score (nSPS) is 36.5. The Labute approximate surface area is 120 Å². The lowest BCUT2D eigenvalue weighted by atomic mass is 9.66. The van der Waals surface area contributed by atoms with E-state index in [0.717, 1.165) is 24.2 Å². The topological polar surface area (TPSA) is 21.3 Å². The van der Waals surface area contributed by atoms with Crippen LogP contribution >= 0.6 is 0 Å². The highest BCUT2D eigenvalue weighted by Gasteiger charge is 2.48. The van der Waals surface area contributed by atoms with E-state index in [1.807, 2.05) is 7.05 Å². The van der Waals surface area contributed by atoms with Gasteiger partial charge in [0.15, 0.2) is 0 Å². The van der Waals surface area contributed by atoms with Gasteiger partial charge in [-0.2, -0.15) is 0 Å². The van der Waals surface area contributed by atoms with E-state index >= 15 is 0 Å². The fourth-order valence-electron chi connectivity index (χ4n) is 4.01.